The maximum absolute atomic E-state index is 5.63. The average molecular weight is 338 g/mol. The van der Waals surface area contributed by atoms with Crippen LogP contribution in [0.4, 0.5) is 0 Å². The monoisotopic (exact) mass is 334 g/mol. The molecule has 0 bridgehead atoms. The van der Waals surface area contributed by atoms with Crippen molar-refractivity contribution in [1.29, 1.82) is 0 Å². The molecule has 54 valence electrons. The summed E-state index contributed by atoms with van der Waals surface area (Å²) in [6.45, 7) is 0. The lowest BCUT2D eigenvalue weighted by atomic mass is 10.9. The Hall–Kier alpha value is 2.12. The first-order chi connectivity index (χ1) is 3.75. The second-order valence-corrected chi connectivity index (χ2v) is 7.82. The lowest BCUT2D eigenvalue weighted by molar-refractivity contribution is 1.29. The first-order valence-electron chi connectivity index (χ1n) is 1.88. The molecule has 6 heteroatoms. The van der Waals surface area contributed by atoms with Gasteiger partial charge < -0.3 is 0 Å². The van der Waals surface area contributed by atoms with Crippen molar-refractivity contribution in [3.8, 4) is 0 Å². The number of rotatable bonds is 0. The molecule has 1 fully saturated rings. The normalized spacial score (nSPS) is 34.0. The van der Waals surface area contributed by atoms with Crippen LogP contribution in [0.25, 0.3) is 0 Å². The van der Waals surface area contributed by atoms with Gasteiger partial charge in [-0.2, -0.15) is 0 Å². The van der Waals surface area contributed by atoms with Gasteiger partial charge in [-0.15, -0.1) is 0 Å². The summed E-state index contributed by atoms with van der Waals surface area (Å²) < 4.78 is -3.07. The van der Waals surface area contributed by atoms with Crippen LogP contribution < -0.4 is 0 Å². The lowest BCUT2D eigenvalue weighted by Crippen LogP contribution is -1.96. The van der Waals surface area contributed by atoms with Gasteiger partial charge in [0.1, 0.15) is 0 Å². The van der Waals surface area contributed by atoms with Crippen molar-refractivity contribution in [2.75, 3.05) is 0 Å². The SMILES string of the molecule is ClC1(Cl)C(Cl)(Cl)C1(Br)Br. The maximum atomic E-state index is 5.63. The molecular formula is C3Br2Cl4. The number of halogens is 6. The Labute approximate surface area is 89.4 Å². The minimum absolute atomic E-state index is 0.772. The first-order valence-corrected chi connectivity index (χ1v) is 4.98. The lowest BCUT2D eigenvalue weighted by Gasteiger charge is -1.92. The molecule has 0 unspecified atom stereocenters. The van der Waals surface area contributed by atoms with E-state index in [1.54, 1.807) is 0 Å². The Kier molecular flexibility index (Phi) is 2.13. The van der Waals surface area contributed by atoms with Gasteiger partial charge >= 0.3 is 0 Å². The predicted molar refractivity (Wildman–Crippen MR) is 49.5 cm³/mol. The van der Waals surface area contributed by atoms with Crippen LogP contribution in [-0.4, -0.2) is 11.9 Å². The number of alkyl halides is 6. The predicted octanol–water partition coefficient (Wildman–Crippen LogP) is 3.83. The van der Waals surface area contributed by atoms with Crippen molar-refractivity contribution in [2.24, 2.45) is 0 Å². The number of hydrogen-bond donors (Lipinski definition) is 0. The van der Waals surface area contributed by atoms with E-state index in [0.717, 1.165) is 0 Å². The summed E-state index contributed by atoms with van der Waals surface area (Å²) in [5.41, 5.74) is 0. The van der Waals surface area contributed by atoms with E-state index in [0.29, 0.717) is 0 Å². The van der Waals surface area contributed by atoms with Crippen LogP contribution in [-0.2, 0) is 0 Å². The molecule has 0 aromatic heterocycles. The molecule has 0 N–H and O–H groups in total. The van der Waals surface area contributed by atoms with Gasteiger partial charge in [-0.25, -0.2) is 0 Å². The Balaban J connectivity index is 2.91. The van der Waals surface area contributed by atoms with E-state index in [4.69, 9.17) is 46.4 Å². The molecule has 0 saturated heterocycles. The van der Waals surface area contributed by atoms with Crippen LogP contribution in [0.2, 0.25) is 0 Å². The molecule has 0 radical (unpaired) electrons. The highest BCUT2D eigenvalue weighted by molar-refractivity contribution is 9.26. The third-order valence-corrected chi connectivity index (χ3v) is 7.98. The highest BCUT2D eigenvalue weighted by Crippen LogP contribution is 2.78. The van der Waals surface area contributed by atoms with Crippen molar-refractivity contribution < 1.29 is 0 Å². The molecule has 9 heavy (non-hydrogen) atoms. The summed E-state index contributed by atoms with van der Waals surface area (Å²) in [5.74, 6) is 0. The van der Waals surface area contributed by atoms with Crippen LogP contribution in [0.15, 0.2) is 0 Å². The van der Waals surface area contributed by atoms with Crippen molar-refractivity contribution in [2.45, 2.75) is 11.9 Å². The molecule has 0 amide bonds. The zero-order valence-electron chi connectivity index (χ0n) is 3.77. The van der Waals surface area contributed by atoms with E-state index in [2.05, 4.69) is 31.9 Å². The number of hydrogen-bond acceptors (Lipinski definition) is 0. The van der Waals surface area contributed by atoms with Gasteiger partial charge in [0.25, 0.3) is 0 Å². The van der Waals surface area contributed by atoms with E-state index >= 15 is 0 Å². The van der Waals surface area contributed by atoms with E-state index in [9.17, 15) is 0 Å². The molecule has 0 atom stereocenters. The fraction of sp³-hybridized carbons (Fsp3) is 1.00. The topological polar surface area (TPSA) is 0 Å². The van der Waals surface area contributed by atoms with Crippen molar-refractivity contribution in [1.82, 2.24) is 0 Å². The minimum Gasteiger partial charge on any atom is -0.0955 e. The van der Waals surface area contributed by atoms with Crippen molar-refractivity contribution in [3.63, 3.8) is 0 Å². The van der Waals surface area contributed by atoms with Gasteiger partial charge in [0.15, 0.2) is 11.9 Å². The quantitative estimate of drug-likeness (QED) is 0.589. The maximum Gasteiger partial charge on any atom is 0.181 e. The van der Waals surface area contributed by atoms with E-state index < -0.39 is 11.9 Å². The van der Waals surface area contributed by atoms with Gasteiger partial charge in [-0.3, -0.25) is 0 Å². The average Bonchev–Trinajstić information content (AvgIpc) is 1.84. The Morgan fingerprint density at radius 1 is 0.778 bits per heavy atom. The highest BCUT2D eigenvalue weighted by atomic mass is 79.9. The largest absolute Gasteiger partial charge is 0.181 e. The zero-order chi connectivity index (χ0) is 7.50. The van der Waals surface area contributed by atoms with Gasteiger partial charge in [0.2, 0.25) is 0 Å². The minimum atomic E-state index is -1.15. The van der Waals surface area contributed by atoms with Gasteiger partial charge in [-0.05, 0) is 0 Å². The van der Waals surface area contributed by atoms with Crippen LogP contribution >= 0.6 is 78.3 Å². The molecule has 0 aliphatic heterocycles. The van der Waals surface area contributed by atoms with Gasteiger partial charge in [-0.1, -0.05) is 78.3 Å². The summed E-state index contributed by atoms with van der Waals surface area (Å²) in [4.78, 5) is 0. The van der Waals surface area contributed by atoms with Gasteiger partial charge in [0.05, 0.1) is 0 Å². The zero-order valence-corrected chi connectivity index (χ0v) is 9.96. The molecule has 0 aromatic carbocycles. The second-order valence-electron chi connectivity index (χ2n) is 1.72. The van der Waals surface area contributed by atoms with E-state index in [1.807, 2.05) is 0 Å². The smallest absolute Gasteiger partial charge is 0.0955 e. The molecule has 0 spiro atoms. The van der Waals surface area contributed by atoms with Crippen LogP contribution in [0.5, 0.6) is 0 Å². The van der Waals surface area contributed by atoms with Gasteiger partial charge in [0, 0.05) is 0 Å². The molecule has 0 nitrogen and oxygen atoms in total. The molecule has 0 aromatic rings. The summed E-state index contributed by atoms with van der Waals surface area (Å²) in [5, 5.41) is 0. The van der Waals surface area contributed by atoms with Crippen LogP contribution in [0.1, 0.15) is 0 Å². The summed E-state index contributed by atoms with van der Waals surface area (Å²) in [7, 11) is 0. The molecule has 1 rings (SSSR count). The Bertz CT molecular complexity index is 111. The van der Waals surface area contributed by atoms with Crippen molar-refractivity contribution >= 4 is 78.3 Å². The summed E-state index contributed by atoms with van der Waals surface area (Å²) in [6.07, 6.45) is 0. The molecular weight excluding hydrogens is 338 g/mol. The summed E-state index contributed by atoms with van der Waals surface area (Å²) >= 11 is 28.8. The van der Waals surface area contributed by atoms with E-state index in [1.165, 1.54) is 0 Å². The van der Waals surface area contributed by atoms with Crippen LogP contribution in [0, 0.1) is 0 Å². The third kappa shape index (κ3) is 0.907. The first kappa shape index (κ1) is 9.21. The second kappa shape index (κ2) is 2.08. The highest BCUT2D eigenvalue weighted by Gasteiger charge is 2.86. The summed E-state index contributed by atoms with van der Waals surface area (Å²) in [6, 6.07) is 0. The molecule has 0 heterocycles. The molecule has 1 aliphatic carbocycles. The van der Waals surface area contributed by atoms with Crippen LogP contribution in [0.3, 0.4) is 0 Å². The Morgan fingerprint density at radius 3 is 0.889 bits per heavy atom. The fourth-order valence-electron chi connectivity index (χ4n) is 0.356. The molecule has 1 saturated carbocycles. The standard InChI is InChI=1S/C3Br2Cl4/c4-1(5)2(6,7)3(1,8)9. The molecule has 1 aliphatic rings. The van der Waals surface area contributed by atoms with E-state index in [-0.39, 0.29) is 0 Å². The third-order valence-electron chi connectivity index (χ3n) is 1.12. The Morgan fingerprint density at radius 2 is 0.889 bits per heavy atom. The van der Waals surface area contributed by atoms with Crippen molar-refractivity contribution in [3.05, 3.63) is 0 Å². The fourth-order valence-corrected chi connectivity index (χ4v) is 3.40.